The van der Waals surface area contributed by atoms with Gasteiger partial charge in [-0.3, -0.25) is 0 Å². The maximum Gasteiger partial charge on any atom is 0.0771 e. The highest BCUT2D eigenvalue weighted by atomic mass is 32.1. The largest absolute Gasteiger partial charge is 0.310 e. The Morgan fingerprint density at radius 2 is 0.873 bits per heavy atom. The van der Waals surface area contributed by atoms with Crippen LogP contribution in [0.5, 0.6) is 0 Å². The van der Waals surface area contributed by atoms with Crippen molar-refractivity contribution in [2.24, 2.45) is 0 Å². The van der Waals surface area contributed by atoms with Gasteiger partial charge in [0.1, 0.15) is 0 Å². The van der Waals surface area contributed by atoms with E-state index in [-0.39, 0.29) is 0 Å². The third-order valence-electron chi connectivity index (χ3n) is 13.9. The van der Waals surface area contributed by atoms with Gasteiger partial charge in [-0.2, -0.15) is 0 Å². The summed E-state index contributed by atoms with van der Waals surface area (Å²) in [6.07, 6.45) is 0. The van der Waals surface area contributed by atoms with Crippen LogP contribution < -0.4 is 4.90 Å². The van der Waals surface area contributed by atoms with Crippen molar-refractivity contribution in [2.75, 3.05) is 4.90 Å². The fraction of sp³-hybridized carbons (Fsp3) is 0.0175. The minimum atomic E-state index is -0.465. The highest BCUT2D eigenvalue weighted by molar-refractivity contribution is 7.25. The number of para-hydroxylation sites is 5. The molecule has 0 saturated carbocycles. The zero-order chi connectivity index (χ0) is 41.0. The van der Waals surface area contributed by atoms with Gasteiger partial charge in [-0.1, -0.05) is 91.0 Å². The molecule has 0 atom stereocenters. The third kappa shape index (κ3) is 4.37. The molecule has 294 valence electrons. The van der Waals surface area contributed by atoms with E-state index in [1.165, 1.54) is 113 Å². The second-order valence-electron chi connectivity index (χ2n) is 16.8. The fourth-order valence-corrected chi connectivity index (χ4v) is 14.6. The number of thiophene rings is 3. The van der Waals surface area contributed by atoms with Crippen LogP contribution >= 0.6 is 34.0 Å². The molecule has 6 heteroatoms. The van der Waals surface area contributed by atoms with Gasteiger partial charge in [0, 0.05) is 68.5 Å². The molecule has 0 radical (unpaired) electrons. The van der Waals surface area contributed by atoms with Crippen LogP contribution in [0.25, 0.3) is 84.9 Å². The van der Waals surface area contributed by atoms with E-state index in [2.05, 4.69) is 213 Å². The number of anilines is 3. The summed E-state index contributed by atoms with van der Waals surface area (Å²) in [5.41, 5.74) is 15.8. The Bertz CT molecular complexity index is 3970. The molecule has 1 aliphatic heterocycles. The van der Waals surface area contributed by atoms with E-state index >= 15 is 0 Å². The van der Waals surface area contributed by atoms with Crippen LogP contribution in [-0.4, -0.2) is 9.13 Å². The Labute approximate surface area is 374 Å². The van der Waals surface area contributed by atoms with Crippen LogP contribution in [0.4, 0.5) is 17.1 Å². The Balaban J connectivity index is 1.03. The van der Waals surface area contributed by atoms with Crippen LogP contribution in [0.3, 0.4) is 0 Å². The van der Waals surface area contributed by atoms with Crippen molar-refractivity contribution in [2.45, 2.75) is 5.41 Å². The first-order valence-electron chi connectivity index (χ1n) is 21.4. The molecule has 2 aliphatic rings. The molecule has 0 bridgehead atoms. The Morgan fingerprint density at radius 3 is 1.54 bits per heavy atom. The van der Waals surface area contributed by atoms with Crippen LogP contribution in [0, 0.1) is 0 Å². The Hall–Kier alpha value is -7.22. The highest BCUT2D eigenvalue weighted by Crippen LogP contribution is 2.66. The molecule has 0 N–H and O–H groups in total. The van der Waals surface area contributed by atoms with Crippen molar-refractivity contribution in [1.29, 1.82) is 0 Å². The standard InChI is InChI=1S/C57H33N3S3/c1-2-12-34(13-3-1)58-49-20-10-6-16-39(49)40-32-46-52(33-51(40)58)60(50-21-11-7-17-43(50)57(46)44-26-28-61-55(44)56-45(57)27-29-62-56)36-23-25-54-42(31-36)41-30-35(22-24-53(41)63-54)59-47-18-8-4-14-37(47)38-15-5-9-19-48(38)59/h1-33H. The van der Waals surface area contributed by atoms with Gasteiger partial charge in [0.15, 0.2) is 0 Å². The molecule has 1 aliphatic carbocycles. The molecular formula is C57H33N3S3. The van der Waals surface area contributed by atoms with E-state index in [4.69, 9.17) is 0 Å². The summed E-state index contributed by atoms with van der Waals surface area (Å²) in [4.78, 5) is 5.36. The first kappa shape index (κ1) is 34.4. The van der Waals surface area contributed by atoms with Crippen LogP contribution in [-0.2, 0) is 5.41 Å². The van der Waals surface area contributed by atoms with Gasteiger partial charge in [0.25, 0.3) is 0 Å². The lowest BCUT2D eigenvalue weighted by atomic mass is 9.65. The normalized spacial score (nSPS) is 13.8. The number of benzene rings is 8. The SMILES string of the molecule is c1ccc(-n2c3ccccc3c3cc4c(cc32)N(c2ccc3sc5ccc(-n6c7ccccc7c7ccccc76)cc5c3c2)c2ccccc2C42c3ccsc3-c3sccc32)cc1. The van der Waals surface area contributed by atoms with Gasteiger partial charge in [-0.25, -0.2) is 0 Å². The molecule has 0 unspecified atom stereocenters. The van der Waals surface area contributed by atoms with E-state index in [0.717, 1.165) is 11.4 Å². The second kappa shape index (κ2) is 12.5. The molecule has 8 aromatic carbocycles. The van der Waals surface area contributed by atoms with Gasteiger partial charge >= 0.3 is 0 Å². The van der Waals surface area contributed by atoms with Crippen molar-refractivity contribution < 1.29 is 0 Å². The van der Waals surface area contributed by atoms with Crippen molar-refractivity contribution in [3.05, 3.63) is 221 Å². The number of hydrogen-bond acceptors (Lipinski definition) is 4. The zero-order valence-electron chi connectivity index (χ0n) is 33.6. The van der Waals surface area contributed by atoms with E-state index < -0.39 is 5.41 Å². The summed E-state index contributed by atoms with van der Waals surface area (Å²) in [6, 6.07) is 70.6. The van der Waals surface area contributed by atoms with Crippen LogP contribution in [0.2, 0.25) is 0 Å². The van der Waals surface area contributed by atoms with Gasteiger partial charge in [-0.15, -0.1) is 34.0 Å². The summed E-state index contributed by atoms with van der Waals surface area (Å²) in [5, 5.41) is 12.2. The molecule has 0 saturated heterocycles. The summed E-state index contributed by atoms with van der Waals surface area (Å²) < 4.78 is 7.48. The molecule has 0 amide bonds. The molecule has 15 rings (SSSR count). The zero-order valence-corrected chi connectivity index (χ0v) is 36.1. The van der Waals surface area contributed by atoms with Crippen molar-refractivity contribution in [1.82, 2.24) is 9.13 Å². The number of hydrogen-bond donors (Lipinski definition) is 0. The predicted molar refractivity (Wildman–Crippen MR) is 269 cm³/mol. The van der Waals surface area contributed by atoms with Crippen molar-refractivity contribution in [3.63, 3.8) is 0 Å². The van der Waals surface area contributed by atoms with E-state index in [0.29, 0.717) is 0 Å². The molecule has 1 spiro atoms. The molecular weight excluding hydrogens is 823 g/mol. The average Bonchev–Trinajstić information content (AvgIpc) is 4.20. The highest BCUT2D eigenvalue weighted by Gasteiger charge is 2.53. The number of aromatic nitrogens is 2. The quantitative estimate of drug-likeness (QED) is 0.173. The molecule has 6 heterocycles. The Morgan fingerprint density at radius 1 is 0.333 bits per heavy atom. The topological polar surface area (TPSA) is 13.1 Å². The maximum atomic E-state index is 2.57. The number of rotatable bonds is 3. The van der Waals surface area contributed by atoms with Gasteiger partial charge < -0.3 is 14.0 Å². The number of fused-ring (bicyclic) bond motifs is 18. The Kier molecular flexibility index (Phi) is 6.80. The summed E-state index contributed by atoms with van der Waals surface area (Å²) in [7, 11) is 0. The number of nitrogens with zero attached hydrogens (tertiary/aromatic N) is 3. The fourth-order valence-electron chi connectivity index (χ4n) is 11.4. The first-order chi connectivity index (χ1) is 31.3. The molecule has 13 aromatic rings. The predicted octanol–water partition coefficient (Wildman–Crippen LogP) is 16.5. The monoisotopic (exact) mass is 855 g/mol. The molecule has 0 fully saturated rings. The van der Waals surface area contributed by atoms with E-state index in [1.807, 2.05) is 34.0 Å². The third-order valence-corrected chi connectivity index (χ3v) is 17.0. The lowest BCUT2D eigenvalue weighted by Gasteiger charge is -2.44. The van der Waals surface area contributed by atoms with Crippen LogP contribution in [0.15, 0.2) is 199 Å². The smallest absolute Gasteiger partial charge is 0.0771 e. The average molecular weight is 856 g/mol. The van der Waals surface area contributed by atoms with Crippen molar-refractivity contribution >= 4 is 115 Å². The minimum Gasteiger partial charge on any atom is -0.310 e. The first-order valence-corrected chi connectivity index (χ1v) is 24.0. The summed E-state index contributed by atoms with van der Waals surface area (Å²) >= 11 is 5.63. The van der Waals surface area contributed by atoms with E-state index in [1.54, 1.807) is 0 Å². The maximum absolute atomic E-state index is 2.57. The molecule has 3 nitrogen and oxygen atoms in total. The molecule has 5 aromatic heterocycles. The minimum absolute atomic E-state index is 0.465. The van der Waals surface area contributed by atoms with E-state index in [9.17, 15) is 0 Å². The summed E-state index contributed by atoms with van der Waals surface area (Å²) in [5.74, 6) is 0. The van der Waals surface area contributed by atoms with Gasteiger partial charge in [-0.05, 0) is 130 Å². The van der Waals surface area contributed by atoms with Crippen LogP contribution in [0.1, 0.15) is 22.3 Å². The molecule has 63 heavy (non-hydrogen) atoms. The lowest BCUT2D eigenvalue weighted by molar-refractivity contribution is 0.757. The summed E-state index contributed by atoms with van der Waals surface area (Å²) in [6.45, 7) is 0. The lowest BCUT2D eigenvalue weighted by Crippen LogP contribution is -2.35. The second-order valence-corrected chi connectivity index (χ2v) is 19.8. The van der Waals surface area contributed by atoms with Gasteiger partial charge in [0.2, 0.25) is 0 Å². The van der Waals surface area contributed by atoms with Gasteiger partial charge in [0.05, 0.1) is 38.9 Å². The van der Waals surface area contributed by atoms with Crippen molar-refractivity contribution in [3.8, 4) is 21.1 Å².